The van der Waals surface area contributed by atoms with E-state index in [-0.39, 0.29) is 6.79 Å². The molecule has 5 nitrogen and oxygen atoms in total. The normalized spacial score (nSPS) is 12.5. The van der Waals surface area contributed by atoms with Crippen molar-refractivity contribution in [1.82, 2.24) is 0 Å². The van der Waals surface area contributed by atoms with Crippen LogP contribution < -0.4 is 19.7 Å². The average molecular weight is 443 g/mol. The minimum atomic E-state index is 0.251. The zero-order valence-electron chi connectivity index (χ0n) is 19.3. The lowest BCUT2D eigenvalue weighted by Crippen LogP contribution is -2.25. The number of nitrogens with zero attached hydrogens (tertiary/aromatic N) is 1. The van der Waals surface area contributed by atoms with Gasteiger partial charge in [0.25, 0.3) is 0 Å². The van der Waals surface area contributed by atoms with Crippen LogP contribution in [0.25, 0.3) is 33.4 Å². The van der Waals surface area contributed by atoms with Crippen LogP contribution in [-0.4, -0.2) is 19.9 Å². The SMILES string of the molecule is CCCCN(CCCC)c1ccc2c(-c3ccc4c(c3)OCO4)c3ccc(=N)cc-3oc2c1. The maximum Gasteiger partial charge on any atom is 0.231 e. The maximum atomic E-state index is 8.12. The number of anilines is 1. The van der Waals surface area contributed by atoms with E-state index in [1.807, 2.05) is 24.3 Å². The molecule has 33 heavy (non-hydrogen) atoms. The second-order valence-electron chi connectivity index (χ2n) is 8.63. The number of ether oxygens (including phenoxy) is 2. The summed E-state index contributed by atoms with van der Waals surface area (Å²) in [4.78, 5) is 2.47. The van der Waals surface area contributed by atoms with Crippen molar-refractivity contribution in [1.29, 1.82) is 5.41 Å². The highest BCUT2D eigenvalue weighted by Crippen LogP contribution is 2.44. The molecular formula is C28H30N2O3. The molecule has 0 spiro atoms. The standard InChI is InChI=1S/C28H30N2O3/c1-3-5-13-30(14-6-4-2)21-9-11-23-26(17-21)33-25-16-20(29)8-10-22(25)28(23)19-7-12-24-27(15-19)32-18-31-24/h7-12,15-17,29H,3-6,13-14,18H2,1-2H3. The van der Waals surface area contributed by atoms with E-state index in [1.165, 1.54) is 31.4 Å². The van der Waals surface area contributed by atoms with Crippen LogP contribution in [-0.2, 0) is 0 Å². The summed E-state index contributed by atoms with van der Waals surface area (Å²) >= 11 is 0. The van der Waals surface area contributed by atoms with E-state index in [9.17, 15) is 0 Å². The Morgan fingerprint density at radius 2 is 1.64 bits per heavy atom. The second kappa shape index (κ2) is 9.18. The largest absolute Gasteiger partial charge is 0.456 e. The molecule has 1 aliphatic carbocycles. The maximum absolute atomic E-state index is 8.12. The van der Waals surface area contributed by atoms with E-state index in [4.69, 9.17) is 19.3 Å². The summed E-state index contributed by atoms with van der Waals surface area (Å²) in [6, 6.07) is 18.2. The second-order valence-corrected chi connectivity index (χ2v) is 8.63. The third-order valence-corrected chi connectivity index (χ3v) is 6.29. The highest BCUT2D eigenvalue weighted by molar-refractivity contribution is 6.02. The van der Waals surface area contributed by atoms with E-state index in [2.05, 4.69) is 43.0 Å². The predicted octanol–water partition coefficient (Wildman–Crippen LogP) is 6.82. The van der Waals surface area contributed by atoms with Gasteiger partial charge in [-0.15, -0.1) is 0 Å². The minimum absolute atomic E-state index is 0.251. The first-order valence-electron chi connectivity index (χ1n) is 11.9. The summed E-state index contributed by atoms with van der Waals surface area (Å²) in [6.45, 7) is 6.80. The van der Waals surface area contributed by atoms with Gasteiger partial charge < -0.3 is 24.2 Å². The Bertz CT molecular complexity index is 1300. The topological polar surface area (TPSA) is 58.7 Å². The molecule has 2 aromatic rings. The molecule has 0 atom stereocenters. The van der Waals surface area contributed by atoms with Gasteiger partial charge in [0.1, 0.15) is 11.3 Å². The minimum Gasteiger partial charge on any atom is -0.456 e. The van der Waals surface area contributed by atoms with Gasteiger partial charge in [0, 0.05) is 47.4 Å². The average Bonchev–Trinajstić information content (AvgIpc) is 3.30. The summed E-state index contributed by atoms with van der Waals surface area (Å²) in [7, 11) is 0. The van der Waals surface area contributed by atoms with Gasteiger partial charge in [-0.3, -0.25) is 0 Å². The Labute approximate surface area is 194 Å². The summed E-state index contributed by atoms with van der Waals surface area (Å²) in [6.07, 6.45) is 4.68. The molecule has 0 aromatic heterocycles. The van der Waals surface area contributed by atoms with E-state index in [1.54, 1.807) is 6.07 Å². The molecule has 0 radical (unpaired) electrons. The number of benzene rings is 3. The molecule has 0 saturated carbocycles. The van der Waals surface area contributed by atoms with Crippen LogP contribution in [0.4, 0.5) is 5.69 Å². The lowest BCUT2D eigenvalue weighted by molar-refractivity contribution is 0.174. The van der Waals surface area contributed by atoms with Crippen molar-refractivity contribution in [3.05, 3.63) is 60.0 Å². The van der Waals surface area contributed by atoms with Crippen LogP contribution in [0.15, 0.2) is 59.0 Å². The first kappa shape index (κ1) is 21.4. The quantitative estimate of drug-likeness (QED) is 0.304. The first-order chi connectivity index (χ1) is 16.2. The molecule has 0 fully saturated rings. The molecule has 170 valence electrons. The Balaban J connectivity index is 1.69. The Morgan fingerprint density at radius 1 is 0.848 bits per heavy atom. The van der Waals surface area contributed by atoms with Crippen LogP contribution in [0, 0.1) is 5.41 Å². The van der Waals surface area contributed by atoms with Crippen molar-refractivity contribution in [2.75, 3.05) is 24.8 Å². The van der Waals surface area contributed by atoms with E-state index >= 15 is 0 Å². The van der Waals surface area contributed by atoms with Gasteiger partial charge in [-0.25, -0.2) is 0 Å². The lowest BCUT2D eigenvalue weighted by Gasteiger charge is -2.25. The molecule has 1 N–H and O–H groups in total. The van der Waals surface area contributed by atoms with Crippen LogP contribution in [0.1, 0.15) is 39.5 Å². The smallest absolute Gasteiger partial charge is 0.231 e. The third-order valence-electron chi connectivity index (χ3n) is 6.29. The Kier molecular flexibility index (Phi) is 5.95. The molecule has 2 aliphatic heterocycles. The summed E-state index contributed by atoms with van der Waals surface area (Å²) in [5.74, 6) is 2.24. The molecule has 0 amide bonds. The predicted molar refractivity (Wildman–Crippen MR) is 132 cm³/mol. The van der Waals surface area contributed by atoms with Crippen molar-refractivity contribution >= 4 is 16.7 Å². The van der Waals surface area contributed by atoms with E-state index < -0.39 is 0 Å². The fourth-order valence-electron chi connectivity index (χ4n) is 4.51. The molecule has 3 aliphatic rings. The van der Waals surface area contributed by atoms with Gasteiger partial charge in [-0.05, 0) is 54.8 Å². The highest BCUT2D eigenvalue weighted by Gasteiger charge is 2.21. The summed E-state index contributed by atoms with van der Waals surface area (Å²) in [5.41, 5.74) is 5.13. The zero-order valence-corrected chi connectivity index (χ0v) is 19.3. The number of nitrogens with one attached hydrogen (secondary N) is 1. The van der Waals surface area contributed by atoms with Gasteiger partial charge in [-0.1, -0.05) is 32.8 Å². The van der Waals surface area contributed by atoms with Gasteiger partial charge in [-0.2, -0.15) is 0 Å². The van der Waals surface area contributed by atoms with Gasteiger partial charge in [0.15, 0.2) is 11.5 Å². The number of hydrogen-bond acceptors (Lipinski definition) is 5. The first-order valence-corrected chi connectivity index (χ1v) is 11.9. The van der Waals surface area contributed by atoms with Crippen LogP contribution in [0.5, 0.6) is 11.5 Å². The monoisotopic (exact) mass is 442 g/mol. The van der Waals surface area contributed by atoms with Gasteiger partial charge >= 0.3 is 0 Å². The number of rotatable bonds is 8. The summed E-state index contributed by atoms with van der Waals surface area (Å²) in [5, 5.41) is 9.60. The van der Waals surface area contributed by atoms with Crippen LogP contribution >= 0.6 is 0 Å². The van der Waals surface area contributed by atoms with Crippen molar-refractivity contribution in [3.63, 3.8) is 0 Å². The van der Waals surface area contributed by atoms with Crippen molar-refractivity contribution in [2.45, 2.75) is 39.5 Å². The van der Waals surface area contributed by atoms with Crippen LogP contribution in [0.2, 0.25) is 0 Å². The Morgan fingerprint density at radius 3 is 2.42 bits per heavy atom. The number of unbranched alkanes of at least 4 members (excludes halogenated alkanes) is 2. The fraction of sp³-hybridized carbons (Fsp3) is 0.321. The van der Waals surface area contributed by atoms with Crippen LogP contribution in [0.3, 0.4) is 0 Å². The van der Waals surface area contributed by atoms with E-state index in [0.29, 0.717) is 11.1 Å². The molecule has 5 heteroatoms. The van der Waals surface area contributed by atoms with Crippen molar-refractivity contribution in [3.8, 4) is 33.9 Å². The van der Waals surface area contributed by atoms with Gasteiger partial charge in [0.2, 0.25) is 6.79 Å². The molecule has 0 bridgehead atoms. The zero-order chi connectivity index (χ0) is 22.8. The number of hydrogen-bond donors (Lipinski definition) is 1. The Hall–Kier alpha value is -3.47. The molecule has 0 saturated heterocycles. The van der Waals surface area contributed by atoms with E-state index in [0.717, 1.165) is 52.2 Å². The molecule has 5 rings (SSSR count). The summed E-state index contributed by atoms with van der Waals surface area (Å²) < 4.78 is 17.5. The lowest BCUT2D eigenvalue weighted by atomic mass is 9.93. The fourth-order valence-corrected chi connectivity index (χ4v) is 4.51. The molecule has 0 unspecified atom stereocenters. The molecule has 2 aromatic carbocycles. The highest BCUT2D eigenvalue weighted by atomic mass is 16.7. The molecular weight excluding hydrogens is 412 g/mol. The van der Waals surface area contributed by atoms with Crippen molar-refractivity contribution < 1.29 is 13.9 Å². The third kappa shape index (κ3) is 4.15. The van der Waals surface area contributed by atoms with Crippen molar-refractivity contribution in [2.24, 2.45) is 0 Å². The molecule has 2 heterocycles. The van der Waals surface area contributed by atoms with Gasteiger partial charge in [0.05, 0.1) is 5.36 Å². The number of fused-ring (bicyclic) bond motifs is 3.